The van der Waals surface area contributed by atoms with Gasteiger partial charge in [0.15, 0.2) is 12.6 Å². The number of rotatable bonds is 7. The third kappa shape index (κ3) is 5.44. The molecule has 0 aromatic heterocycles. The number of carbonyl (C=O) groups excluding carboxylic acids is 1. The smallest absolute Gasteiger partial charge is 0.155 e. The zero-order valence-corrected chi connectivity index (χ0v) is 11.7. The van der Waals surface area contributed by atoms with Gasteiger partial charge in [-0.3, -0.25) is 0 Å². The lowest BCUT2D eigenvalue weighted by molar-refractivity contribution is -0.283. The average Bonchev–Trinajstić information content (AvgIpc) is 2.29. The van der Waals surface area contributed by atoms with Crippen LogP contribution in [0.2, 0.25) is 0 Å². The molecule has 0 aromatic rings. The van der Waals surface area contributed by atoms with Gasteiger partial charge in [-0.2, -0.15) is 0 Å². The third-order valence-corrected chi connectivity index (χ3v) is 2.83. The van der Waals surface area contributed by atoms with Crippen molar-refractivity contribution in [3.63, 3.8) is 0 Å². The molecule has 0 aromatic carbocycles. The maximum absolute atomic E-state index is 11.0. The molecule has 1 saturated heterocycles. The zero-order chi connectivity index (χ0) is 13.5. The molecule has 1 heterocycles. The molecule has 5 nitrogen and oxygen atoms in total. The van der Waals surface area contributed by atoms with Crippen LogP contribution in [0.3, 0.4) is 0 Å². The summed E-state index contributed by atoms with van der Waals surface area (Å²) in [7, 11) is 0. The van der Waals surface area contributed by atoms with Crippen LogP contribution in [0.5, 0.6) is 0 Å². The van der Waals surface area contributed by atoms with E-state index in [1.807, 2.05) is 20.8 Å². The predicted octanol–water partition coefficient (Wildman–Crippen LogP) is 1.88. The molecule has 1 rings (SSSR count). The van der Waals surface area contributed by atoms with E-state index in [0.29, 0.717) is 26.1 Å². The molecule has 0 saturated carbocycles. The summed E-state index contributed by atoms with van der Waals surface area (Å²) in [6.07, 6.45) is 0.333. The van der Waals surface area contributed by atoms with Gasteiger partial charge in [-0.15, -0.1) is 0 Å². The van der Waals surface area contributed by atoms with Crippen LogP contribution in [0.1, 0.15) is 40.5 Å². The molecule has 0 radical (unpaired) electrons. The van der Waals surface area contributed by atoms with Crippen LogP contribution >= 0.6 is 0 Å². The molecule has 0 spiro atoms. The summed E-state index contributed by atoms with van der Waals surface area (Å²) in [5.41, 5.74) is 0. The standard InChI is InChI=1S/C13H24O5/c1-5-15-10(3)18-13-8-16-11(4)17-12(13)7-6-9(2)14/h10-13H,5-8H2,1-4H3/t10?,11-,12+,13-/m1/s1. The zero-order valence-electron chi connectivity index (χ0n) is 11.7. The summed E-state index contributed by atoms with van der Waals surface area (Å²) >= 11 is 0. The van der Waals surface area contributed by atoms with Gasteiger partial charge in [0.1, 0.15) is 11.9 Å². The molecule has 1 fully saturated rings. The summed E-state index contributed by atoms with van der Waals surface area (Å²) in [4.78, 5) is 11.0. The Balaban J connectivity index is 2.47. The molecular weight excluding hydrogens is 236 g/mol. The van der Waals surface area contributed by atoms with E-state index < -0.39 is 0 Å². The van der Waals surface area contributed by atoms with Crippen molar-refractivity contribution < 1.29 is 23.7 Å². The van der Waals surface area contributed by atoms with Crippen LogP contribution < -0.4 is 0 Å². The molecule has 1 unspecified atom stereocenters. The summed E-state index contributed by atoms with van der Waals surface area (Å²) < 4.78 is 22.2. The summed E-state index contributed by atoms with van der Waals surface area (Å²) in [6, 6.07) is 0. The lowest BCUT2D eigenvalue weighted by atomic mass is 10.1. The van der Waals surface area contributed by atoms with Crippen molar-refractivity contribution in [2.45, 2.75) is 65.3 Å². The highest BCUT2D eigenvalue weighted by Gasteiger charge is 2.32. The maximum Gasteiger partial charge on any atom is 0.155 e. The van der Waals surface area contributed by atoms with Crippen molar-refractivity contribution in [1.29, 1.82) is 0 Å². The van der Waals surface area contributed by atoms with Gasteiger partial charge >= 0.3 is 0 Å². The summed E-state index contributed by atoms with van der Waals surface area (Å²) in [5, 5.41) is 0. The summed E-state index contributed by atoms with van der Waals surface area (Å²) in [5.74, 6) is 0.161. The van der Waals surface area contributed by atoms with Crippen molar-refractivity contribution in [2.75, 3.05) is 13.2 Å². The second-order valence-corrected chi connectivity index (χ2v) is 4.51. The fourth-order valence-electron chi connectivity index (χ4n) is 1.96. The molecular formula is C13H24O5. The van der Waals surface area contributed by atoms with Crippen molar-refractivity contribution in [3.8, 4) is 0 Å². The van der Waals surface area contributed by atoms with Crippen molar-refractivity contribution >= 4 is 5.78 Å². The second kappa shape index (κ2) is 7.84. The molecule has 4 atom stereocenters. The van der Waals surface area contributed by atoms with Crippen LogP contribution in [0.4, 0.5) is 0 Å². The van der Waals surface area contributed by atoms with Gasteiger partial charge in [-0.05, 0) is 34.1 Å². The van der Waals surface area contributed by atoms with Crippen molar-refractivity contribution in [1.82, 2.24) is 0 Å². The molecule has 106 valence electrons. The van der Waals surface area contributed by atoms with E-state index in [9.17, 15) is 4.79 Å². The van der Waals surface area contributed by atoms with Gasteiger partial charge in [-0.25, -0.2) is 0 Å². The van der Waals surface area contributed by atoms with E-state index in [4.69, 9.17) is 18.9 Å². The Kier molecular flexibility index (Phi) is 6.78. The van der Waals surface area contributed by atoms with Crippen LogP contribution in [0.25, 0.3) is 0 Å². The molecule has 0 amide bonds. The van der Waals surface area contributed by atoms with E-state index in [0.717, 1.165) is 0 Å². The second-order valence-electron chi connectivity index (χ2n) is 4.51. The molecule has 0 N–H and O–H groups in total. The third-order valence-electron chi connectivity index (χ3n) is 2.83. The van der Waals surface area contributed by atoms with Crippen LogP contribution in [0, 0.1) is 0 Å². The monoisotopic (exact) mass is 260 g/mol. The normalized spacial score (nSPS) is 30.1. The Morgan fingerprint density at radius 1 is 1.50 bits per heavy atom. The lowest BCUT2D eigenvalue weighted by Gasteiger charge is -2.36. The highest BCUT2D eigenvalue weighted by Crippen LogP contribution is 2.21. The first-order valence-corrected chi connectivity index (χ1v) is 6.56. The van der Waals surface area contributed by atoms with Crippen LogP contribution in [0.15, 0.2) is 0 Å². The Bertz CT molecular complexity index is 256. The fourth-order valence-corrected chi connectivity index (χ4v) is 1.96. The van der Waals surface area contributed by atoms with Gasteiger partial charge in [0.05, 0.1) is 12.7 Å². The number of hydrogen-bond donors (Lipinski definition) is 0. The fraction of sp³-hybridized carbons (Fsp3) is 0.923. The van der Waals surface area contributed by atoms with Gasteiger partial charge < -0.3 is 23.7 Å². The number of carbonyl (C=O) groups is 1. The number of Topliss-reactive ketones (excluding diaryl/α,β-unsaturated/α-hetero) is 1. The topological polar surface area (TPSA) is 54.0 Å². The molecule has 18 heavy (non-hydrogen) atoms. The molecule has 1 aliphatic heterocycles. The van der Waals surface area contributed by atoms with Crippen molar-refractivity contribution in [2.24, 2.45) is 0 Å². The SMILES string of the molecule is CCOC(C)O[C@@H]1CO[C@@H](C)O[C@H]1CCC(C)=O. The Morgan fingerprint density at radius 2 is 2.22 bits per heavy atom. The van der Waals surface area contributed by atoms with E-state index >= 15 is 0 Å². The Morgan fingerprint density at radius 3 is 2.83 bits per heavy atom. The molecule has 1 aliphatic rings. The lowest BCUT2D eigenvalue weighted by Crippen LogP contribution is -2.46. The van der Waals surface area contributed by atoms with E-state index in [1.54, 1.807) is 6.92 Å². The number of hydrogen-bond acceptors (Lipinski definition) is 5. The van der Waals surface area contributed by atoms with Crippen molar-refractivity contribution in [3.05, 3.63) is 0 Å². The molecule has 0 aliphatic carbocycles. The quantitative estimate of drug-likeness (QED) is 0.654. The highest BCUT2D eigenvalue weighted by molar-refractivity contribution is 5.75. The first-order chi connectivity index (χ1) is 8.52. The highest BCUT2D eigenvalue weighted by atomic mass is 16.7. The Labute approximate surface area is 109 Å². The van der Waals surface area contributed by atoms with Gasteiger partial charge in [0, 0.05) is 13.0 Å². The van der Waals surface area contributed by atoms with E-state index in [-0.39, 0.29) is 30.6 Å². The minimum absolute atomic E-state index is 0.111. The Hall–Kier alpha value is -0.490. The van der Waals surface area contributed by atoms with E-state index in [2.05, 4.69) is 0 Å². The number of ketones is 1. The predicted molar refractivity (Wildman–Crippen MR) is 66.2 cm³/mol. The van der Waals surface area contributed by atoms with Gasteiger partial charge in [0.25, 0.3) is 0 Å². The van der Waals surface area contributed by atoms with Gasteiger partial charge in [0.2, 0.25) is 0 Å². The van der Waals surface area contributed by atoms with Crippen LogP contribution in [-0.4, -0.2) is 43.8 Å². The summed E-state index contributed by atoms with van der Waals surface area (Å²) in [6.45, 7) is 8.28. The minimum atomic E-state index is -0.291. The van der Waals surface area contributed by atoms with Crippen LogP contribution in [-0.2, 0) is 23.7 Å². The molecule has 5 heteroatoms. The first kappa shape index (κ1) is 15.6. The largest absolute Gasteiger partial charge is 0.353 e. The first-order valence-electron chi connectivity index (χ1n) is 6.56. The molecule has 0 bridgehead atoms. The number of ether oxygens (including phenoxy) is 4. The maximum atomic E-state index is 11.0. The minimum Gasteiger partial charge on any atom is -0.353 e. The van der Waals surface area contributed by atoms with Gasteiger partial charge in [-0.1, -0.05) is 0 Å². The van der Waals surface area contributed by atoms with E-state index in [1.165, 1.54) is 0 Å². The average molecular weight is 260 g/mol.